The molecule has 3 aromatic rings. The van der Waals surface area contributed by atoms with E-state index in [9.17, 15) is 18.0 Å². The summed E-state index contributed by atoms with van der Waals surface area (Å²) in [6, 6.07) is 12.9. The lowest BCUT2D eigenvalue weighted by molar-refractivity contribution is -0.137. The van der Waals surface area contributed by atoms with Crippen LogP contribution in [0.25, 0.3) is 11.3 Å². The van der Waals surface area contributed by atoms with Gasteiger partial charge in [-0.2, -0.15) is 13.2 Å². The Hall–Kier alpha value is -3.70. The molecule has 0 unspecified atom stereocenters. The van der Waals surface area contributed by atoms with Crippen LogP contribution in [0, 0.1) is 0 Å². The number of rotatable bonds is 6. The third-order valence-corrected chi connectivity index (χ3v) is 6.39. The van der Waals surface area contributed by atoms with Gasteiger partial charge in [-0.1, -0.05) is 12.1 Å². The SMILES string of the molecule is O=C(Nc1ccc(-c2ccnc(Nc3ccc(N4CCOCC4)c(C(F)(F)F)c3)n2)cc1)[C@H]1CCCN1. The molecular formula is C26H27F3N6O2. The Kier molecular flexibility index (Phi) is 7.24. The van der Waals surface area contributed by atoms with Crippen LogP contribution in [0.1, 0.15) is 18.4 Å². The fraction of sp³-hybridized carbons (Fsp3) is 0.346. The lowest BCUT2D eigenvalue weighted by atomic mass is 10.1. The number of carbonyl (C=O) groups excluding carboxylic acids is 1. The molecule has 11 heteroatoms. The van der Waals surface area contributed by atoms with E-state index in [0.717, 1.165) is 31.0 Å². The van der Waals surface area contributed by atoms with Crippen LogP contribution in [0.15, 0.2) is 54.7 Å². The number of carbonyl (C=O) groups is 1. The fourth-order valence-electron chi connectivity index (χ4n) is 4.49. The number of anilines is 4. The van der Waals surface area contributed by atoms with Crippen molar-refractivity contribution in [1.82, 2.24) is 15.3 Å². The van der Waals surface area contributed by atoms with Gasteiger partial charge in [-0.25, -0.2) is 9.97 Å². The topological polar surface area (TPSA) is 91.4 Å². The van der Waals surface area contributed by atoms with Crippen molar-refractivity contribution in [3.05, 3.63) is 60.3 Å². The highest BCUT2D eigenvalue weighted by Crippen LogP contribution is 2.39. The van der Waals surface area contributed by atoms with Crippen molar-refractivity contribution in [1.29, 1.82) is 0 Å². The summed E-state index contributed by atoms with van der Waals surface area (Å²) in [5.41, 5.74) is 1.69. The molecule has 1 aromatic heterocycles. The number of benzene rings is 2. The third kappa shape index (κ3) is 6.00. The third-order valence-electron chi connectivity index (χ3n) is 6.39. The summed E-state index contributed by atoms with van der Waals surface area (Å²) in [6.07, 6.45) is -1.17. The van der Waals surface area contributed by atoms with Gasteiger partial charge in [0, 0.05) is 41.9 Å². The molecule has 194 valence electrons. The molecule has 1 amide bonds. The number of nitrogens with zero attached hydrogens (tertiary/aromatic N) is 3. The Bertz CT molecular complexity index is 1240. The largest absolute Gasteiger partial charge is 0.418 e. The van der Waals surface area contributed by atoms with Gasteiger partial charge in [-0.05, 0) is 55.8 Å². The van der Waals surface area contributed by atoms with Crippen molar-refractivity contribution < 1.29 is 22.7 Å². The molecule has 2 fully saturated rings. The first-order valence-electron chi connectivity index (χ1n) is 12.2. The monoisotopic (exact) mass is 512 g/mol. The lowest BCUT2D eigenvalue weighted by Crippen LogP contribution is -2.37. The summed E-state index contributed by atoms with van der Waals surface area (Å²) in [5, 5.41) is 8.96. The summed E-state index contributed by atoms with van der Waals surface area (Å²) < 4.78 is 46.8. The summed E-state index contributed by atoms with van der Waals surface area (Å²) in [4.78, 5) is 22.6. The maximum Gasteiger partial charge on any atom is 0.418 e. The lowest BCUT2D eigenvalue weighted by Gasteiger charge is -2.31. The average Bonchev–Trinajstić information content (AvgIpc) is 3.45. The van der Waals surface area contributed by atoms with E-state index in [4.69, 9.17) is 4.74 Å². The molecular weight excluding hydrogens is 485 g/mol. The molecule has 0 radical (unpaired) electrons. The minimum atomic E-state index is -4.51. The highest BCUT2D eigenvalue weighted by Gasteiger charge is 2.35. The quantitative estimate of drug-likeness (QED) is 0.450. The molecule has 1 atom stereocenters. The molecule has 0 spiro atoms. The zero-order chi connectivity index (χ0) is 25.8. The molecule has 8 nitrogen and oxygen atoms in total. The van der Waals surface area contributed by atoms with Crippen molar-refractivity contribution in [3.8, 4) is 11.3 Å². The van der Waals surface area contributed by atoms with Gasteiger partial charge in [0.1, 0.15) is 0 Å². The van der Waals surface area contributed by atoms with Gasteiger partial charge in [-0.3, -0.25) is 4.79 Å². The van der Waals surface area contributed by atoms with Crippen LogP contribution in [-0.2, 0) is 15.7 Å². The van der Waals surface area contributed by atoms with Crippen molar-refractivity contribution in [2.24, 2.45) is 0 Å². The zero-order valence-corrected chi connectivity index (χ0v) is 20.0. The van der Waals surface area contributed by atoms with E-state index in [-0.39, 0.29) is 29.3 Å². The minimum absolute atomic E-state index is 0.0587. The number of hydrogen-bond donors (Lipinski definition) is 3. The minimum Gasteiger partial charge on any atom is -0.378 e. The predicted molar refractivity (Wildman–Crippen MR) is 135 cm³/mol. The molecule has 0 aliphatic carbocycles. The van der Waals surface area contributed by atoms with E-state index in [1.54, 1.807) is 35.4 Å². The summed E-state index contributed by atoms with van der Waals surface area (Å²) >= 11 is 0. The second kappa shape index (κ2) is 10.7. The number of morpholine rings is 1. The Morgan fingerprint density at radius 2 is 1.81 bits per heavy atom. The van der Waals surface area contributed by atoms with Crippen LogP contribution < -0.4 is 20.9 Å². The normalized spacial score (nSPS) is 18.0. The number of alkyl halides is 3. The molecule has 2 aromatic carbocycles. The van der Waals surface area contributed by atoms with Crippen LogP contribution in [0.3, 0.4) is 0 Å². The van der Waals surface area contributed by atoms with E-state index in [2.05, 4.69) is 25.9 Å². The first-order chi connectivity index (χ1) is 17.9. The predicted octanol–water partition coefficient (Wildman–Crippen LogP) is 4.43. The maximum atomic E-state index is 13.9. The maximum absolute atomic E-state index is 13.9. The van der Waals surface area contributed by atoms with E-state index in [1.807, 2.05) is 12.1 Å². The second-order valence-corrected chi connectivity index (χ2v) is 8.94. The number of ether oxygens (including phenoxy) is 1. The van der Waals surface area contributed by atoms with E-state index < -0.39 is 11.7 Å². The fourth-order valence-corrected chi connectivity index (χ4v) is 4.49. The molecule has 3 heterocycles. The van der Waals surface area contributed by atoms with Crippen molar-refractivity contribution in [2.75, 3.05) is 48.4 Å². The van der Waals surface area contributed by atoms with Crippen LogP contribution in [-0.4, -0.2) is 54.8 Å². The summed E-state index contributed by atoms with van der Waals surface area (Å²) in [6.45, 7) is 2.44. The number of hydrogen-bond acceptors (Lipinski definition) is 7. The molecule has 37 heavy (non-hydrogen) atoms. The number of amides is 1. The van der Waals surface area contributed by atoms with Gasteiger partial charge in [0.15, 0.2) is 0 Å². The van der Waals surface area contributed by atoms with Crippen molar-refractivity contribution >= 4 is 28.9 Å². The Labute approximate surface area is 212 Å². The van der Waals surface area contributed by atoms with Crippen LogP contribution in [0.2, 0.25) is 0 Å². The first kappa shape index (κ1) is 25.0. The Balaban J connectivity index is 1.31. The van der Waals surface area contributed by atoms with Gasteiger partial charge in [0.25, 0.3) is 0 Å². The van der Waals surface area contributed by atoms with Gasteiger partial charge in [-0.15, -0.1) is 0 Å². The molecule has 0 bridgehead atoms. The Morgan fingerprint density at radius 3 is 2.51 bits per heavy atom. The molecule has 2 aliphatic heterocycles. The van der Waals surface area contributed by atoms with Crippen molar-refractivity contribution in [3.63, 3.8) is 0 Å². The van der Waals surface area contributed by atoms with Gasteiger partial charge >= 0.3 is 6.18 Å². The van der Waals surface area contributed by atoms with Crippen LogP contribution >= 0.6 is 0 Å². The number of aromatic nitrogens is 2. The highest BCUT2D eigenvalue weighted by molar-refractivity contribution is 5.95. The van der Waals surface area contributed by atoms with Crippen LogP contribution in [0.4, 0.5) is 36.2 Å². The summed E-state index contributed by atoms with van der Waals surface area (Å²) in [5.74, 6) is 0.117. The zero-order valence-electron chi connectivity index (χ0n) is 20.0. The van der Waals surface area contributed by atoms with E-state index in [1.165, 1.54) is 6.07 Å². The summed E-state index contributed by atoms with van der Waals surface area (Å²) in [7, 11) is 0. The van der Waals surface area contributed by atoms with E-state index in [0.29, 0.717) is 37.7 Å². The number of nitrogens with one attached hydrogen (secondary N) is 3. The first-order valence-corrected chi connectivity index (χ1v) is 12.2. The molecule has 2 saturated heterocycles. The number of halogens is 3. The van der Waals surface area contributed by atoms with Crippen molar-refractivity contribution in [2.45, 2.75) is 25.1 Å². The van der Waals surface area contributed by atoms with E-state index >= 15 is 0 Å². The van der Waals surface area contributed by atoms with Gasteiger partial charge in [0.2, 0.25) is 11.9 Å². The molecule has 3 N–H and O–H groups in total. The second-order valence-electron chi connectivity index (χ2n) is 8.94. The van der Waals surface area contributed by atoms with Gasteiger partial charge in [0.05, 0.1) is 30.5 Å². The highest BCUT2D eigenvalue weighted by atomic mass is 19.4. The standard InChI is InChI=1S/C26H27F3N6O2/c27-26(28,29)20-16-19(7-8-23(20)35-12-14-37-15-13-35)33-25-31-11-9-21(34-25)17-3-5-18(6-4-17)32-24(36)22-2-1-10-30-22/h3-9,11,16,22,30H,1-2,10,12-15H2,(H,32,36)(H,31,33,34)/t22-/m1/s1. The smallest absolute Gasteiger partial charge is 0.378 e. The molecule has 2 aliphatic rings. The van der Waals surface area contributed by atoms with Crippen LogP contribution in [0.5, 0.6) is 0 Å². The molecule has 5 rings (SSSR count). The molecule has 0 saturated carbocycles. The van der Waals surface area contributed by atoms with Gasteiger partial charge < -0.3 is 25.6 Å². The average molecular weight is 513 g/mol. The Morgan fingerprint density at radius 1 is 1.05 bits per heavy atom.